The van der Waals surface area contributed by atoms with Crippen LogP contribution in [0.5, 0.6) is 0 Å². The normalized spacial score (nSPS) is 12.3. The first-order valence-corrected chi connectivity index (χ1v) is 7.41. The SMILES string of the molecule is CN(Cc1ccncc1F)CC(O)c1ccccc1.O=C(O)C(F)(F)F. The van der Waals surface area contributed by atoms with E-state index in [-0.39, 0.29) is 5.82 Å². The zero-order valence-electron chi connectivity index (χ0n) is 13.8. The number of aliphatic hydroxyl groups is 1. The molecule has 0 saturated carbocycles. The predicted molar refractivity (Wildman–Crippen MR) is 85.6 cm³/mol. The van der Waals surface area contributed by atoms with Gasteiger partial charge in [-0.25, -0.2) is 9.18 Å². The Balaban J connectivity index is 0.000000412. The third-order valence-electron chi connectivity index (χ3n) is 3.21. The van der Waals surface area contributed by atoms with Crippen molar-refractivity contribution >= 4 is 5.97 Å². The van der Waals surface area contributed by atoms with E-state index in [1.165, 1.54) is 6.20 Å². The molecule has 1 unspecified atom stereocenters. The van der Waals surface area contributed by atoms with Crippen molar-refractivity contribution in [1.82, 2.24) is 9.88 Å². The Kier molecular flexibility index (Phi) is 8.14. The lowest BCUT2D eigenvalue weighted by Gasteiger charge is -2.21. The quantitative estimate of drug-likeness (QED) is 0.787. The number of carboxylic acids is 1. The fourth-order valence-electron chi connectivity index (χ4n) is 1.96. The van der Waals surface area contributed by atoms with Crippen LogP contribution >= 0.6 is 0 Å². The molecule has 142 valence electrons. The minimum atomic E-state index is -5.08. The summed E-state index contributed by atoms with van der Waals surface area (Å²) in [6, 6.07) is 11.1. The summed E-state index contributed by atoms with van der Waals surface area (Å²) in [7, 11) is 1.85. The highest BCUT2D eigenvalue weighted by Crippen LogP contribution is 2.15. The van der Waals surface area contributed by atoms with Crippen molar-refractivity contribution in [1.29, 1.82) is 0 Å². The maximum absolute atomic E-state index is 13.5. The monoisotopic (exact) mass is 374 g/mol. The van der Waals surface area contributed by atoms with Crippen LogP contribution in [-0.4, -0.2) is 45.8 Å². The number of aliphatic carboxylic acids is 1. The third-order valence-corrected chi connectivity index (χ3v) is 3.21. The molecule has 0 bridgehead atoms. The minimum absolute atomic E-state index is 0.316. The number of aromatic nitrogens is 1. The first-order valence-electron chi connectivity index (χ1n) is 7.41. The minimum Gasteiger partial charge on any atom is -0.475 e. The fourth-order valence-corrected chi connectivity index (χ4v) is 1.96. The average Bonchev–Trinajstić information content (AvgIpc) is 2.57. The van der Waals surface area contributed by atoms with Gasteiger partial charge in [0.15, 0.2) is 0 Å². The zero-order valence-corrected chi connectivity index (χ0v) is 13.8. The second-order valence-electron chi connectivity index (χ2n) is 5.39. The van der Waals surface area contributed by atoms with Gasteiger partial charge < -0.3 is 10.2 Å². The molecule has 2 rings (SSSR count). The van der Waals surface area contributed by atoms with Gasteiger partial charge in [0, 0.05) is 24.8 Å². The van der Waals surface area contributed by atoms with Crippen LogP contribution in [0.25, 0.3) is 0 Å². The number of carbonyl (C=O) groups is 1. The number of carboxylic acid groups (broad SMARTS) is 1. The highest BCUT2D eigenvalue weighted by atomic mass is 19.4. The van der Waals surface area contributed by atoms with E-state index in [1.807, 2.05) is 42.3 Å². The maximum Gasteiger partial charge on any atom is 0.490 e. The number of halogens is 4. The Morgan fingerprint density at radius 3 is 2.31 bits per heavy atom. The molecular weight excluding hydrogens is 356 g/mol. The van der Waals surface area contributed by atoms with Gasteiger partial charge in [-0.1, -0.05) is 30.3 Å². The van der Waals surface area contributed by atoms with Gasteiger partial charge in [-0.3, -0.25) is 9.88 Å². The van der Waals surface area contributed by atoms with E-state index >= 15 is 0 Å². The van der Waals surface area contributed by atoms with Gasteiger partial charge >= 0.3 is 12.1 Å². The molecule has 0 aliphatic heterocycles. The van der Waals surface area contributed by atoms with Crippen molar-refractivity contribution in [3.8, 4) is 0 Å². The molecule has 0 aliphatic carbocycles. The lowest BCUT2D eigenvalue weighted by atomic mass is 10.1. The van der Waals surface area contributed by atoms with Gasteiger partial charge in [0.05, 0.1) is 12.3 Å². The van der Waals surface area contributed by atoms with Crippen LogP contribution in [0.1, 0.15) is 17.2 Å². The molecule has 1 atom stereocenters. The Morgan fingerprint density at radius 1 is 1.23 bits per heavy atom. The number of alkyl halides is 3. The summed E-state index contributed by atoms with van der Waals surface area (Å²) in [5.41, 5.74) is 1.45. The van der Waals surface area contributed by atoms with Crippen LogP contribution in [0.15, 0.2) is 48.8 Å². The molecule has 2 N–H and O–H groups in total. The van der Waals surface area contributed by atoms with E-state index in [9.17, 15) is 22.7 Å². The summed E-state index contributed by atoms with van der Waals surface area (Å²) in [5.74, 6) is -3.07. The van der Waals surface area contributed by atoms with E-state index in [0.29, 0.717) is 18.7 Å². The summed E-state index contributed by atoms with van der Waals surface area (Å²) in [6.07, 6.45) is -2.88. The molecule has 0 saturated heterocycles. The Morgan fingerprint density at radius 2 is 1.81 bits per heavy atom. The van der Waals surface area contributed by atoms with E-state index < -0.39 is 18.2 Å². The molecule has 5 nitrogen and oxygen atoms in total. The number of hydrogen-bond acceptors (Lipinski definition) is 4. The van der Waals surface area contributed by atoms with Crippen LogP contribution < -0.4 is 0 Å². The molecular formula is C17H18F4N2O3. The molecule has 0 radical (unpaired) electrons. The van der Waals surface area contributed by atoms with E-state index in [0.717, 1.165) is 5.56 Å². The van der Waals surface area contributed by atoms with Gasteiger partial charge in [0.2, 0.25) is 0 Å². The third kappa shape index (κ3) is 7.58. The molecule has 0 spiro atoms. The zero-order chi connectivity index (χ0) is 19.7. The van der Waals surface area contributed by atoms with E-state index in [4.69, 9.17) is 9.90 Å². The maximum atomic E-state index is 13.5. The lowest BCUT2D eigenvalue weighted by Crippen LogP contribution is -2.24. The van der Waals surface area contributed by atoms with Crippen molar-refractivity contribution in [3.05, 3.63) is 65.7 Å². The number of nitrogens with zero attached hydrogens (tertiary/aromatic N) is 2. The van der Waals surface area contributed by atoms with Gasteiger partial charge in [0.25, 0.3) is 0 Å². The Hall–Kier alpha value is -2.52. The summed E-state index contributed by atoms with van der Waals surface area (Å²) < 4.78 is 45.2. The predicted octanol–water partition coefficient (Wildman–Crippen LogP) is 3.02. The summed E-state index contributed by atoms with van der Waals surface area (Å²) in [5, 5.41) is 17.2. The highest BCUT2D eigenvalue weighted by Gasteiger charge is 2.38. The van der Waals surface area contributed by atoms with E-state index in [2.05, 4.69) is 4.98 Å². The summed E-state index contributed by atoms with van der Waals surface area (Å²) >= 11 is 0. The molecule has 9 heteroatoms. The number of benzene rings is 1. The molecule has 0 fully saturated rings. The van der Waals surface area contributed by atoms with Crippen LogP contribution in [-0.2, 0) is 11.3 Å². The van der Waals surface area contributed by atoms with Crippen LogP contribution in [0.4, 0.5) is 17.6 Å². The van der Waals surface area contributed by atoms with Crippen molar-refractivity contribution in [2.24, 2.45) is 0 Å². The van der Waals surface area contributed by atoms with Crippen molar-refractivity contribution < 1.29 is 32.6 Å². The highest BCUT2D eigenvalue weighted by molar-refractivity contribution is 5.73. The second kappa shape index (κ2) is 9.83. The Labute approximate surface area is 147 Å². The standard InChI is InChI=1S/C15H17FN2O.C2HF3O2/c1-18(10-13-7-8-17-9-14(13)16)11-15(19)12-5-3-2-4-6-12;3-2(4,5)1(6)7/h2-9,15,19H,10-11H2,1H3;(H,6,7). The summed E-state index contributed by atoms with van der Waals surface area (Å²) in [6.45, 7) is 0.893. The molecule has 1 aromatic heterocycles. The van der Waals surface area contributed by atoms with Crippen molar-refractivity contribution in [2.75, 3.05) is 13.6 Å². The molecule has 2 aromatic rings. The second-order valence-corrected chi connectivity index (χ2v) is 5.39. The van der Waals surface area contributed by atoms with Gasteiger partial charge in [-0.05, 0) is 18.7 Å². The average molecular weight is 374 g/mol. The smallest absolute Gasteiger partial charge is 0.475 e. The van der Waals surface area contributed by atoms with Gasteiger partial charge in [-0.15, -0.1) is 0 Å². The number of aliphatic hydroxyl groups excluding tert-OH is 1. The first kappa shape index (κ1) is 21.5. The van der Waals surface area contributed by atoms with Gasteiger partial charge in [-0.2, -0.15) is 13.2 Å². The van der Waals surface area contributed by atoms with Crippen LogP contribution in [0, 0.1) is 5.82 Å². The topological polar surface area (TPSA) is 73.7 Å². The number of likely N-dealkylation sites (N-methyl/N-ethyl adjacent to an activating group) is 1. The molecule has 26 heavy (non-hydrogen) atoms. The molecule has 0 amide bonds. The van der Waals surface area contributed by atoms with Crippen LogP contribution in [0.2, 0.25) is 0 Å². The largest absolute Gasteiger partial charge is 0.490 e. The van der Waals surface area contributed by atoms with E-state index in [1.54, 1.807) is 12.3 Å². The summed E-state index contributed by atoms with van der Waals surface area (Å²) in [4.78, 5) is 14.5. The van der Waals surface area contributed by atoms with Crippen LogP contribution in [0.3, 0.4) is 0 Å². The molecule has 0 aliphatic rings. The first-order chi connectivity index (χ1) is 12.1. The van der Waals surface area contributed by atoms with Gasteiger partial charge in [0.1, 0.15) is 5.82 Å². The number of pyridine rings is 1. The number of hydrogen-bond donors (Lipinski definition) is 2. The Bertz CT molecular complexity index is 696. The fraction of sp³-hybridized carbons (Fsp3) is 0.294. The van der Waals surface area contributed by atoms with Crippen molar-refractivity contribution in [2.45, 2.75) is 18.8 Å². The van der Waals surface area contributed by atoms with Crippen molar-refractivity contribution in [3.63, 3.8) is 0 Å². The molecule has 1 aromatic carbocycles. The lowest BCUT2D eigenvalue weighted by molar-refractivity contribution is -0.192. The number of rotatable bonds is 5. The molecule has 1 heterocycles.